The maximum Gasteiger partial charge on any atom is 0.254 e. The van der Waals surface area contributed by atoms with E-state index >= 15 is 0 Å². The summed E-state index contributed by atoms with van der Waals surface area (Å²) in [5.41, 5.74) is 1.11. The molecular weight excluding hydrogens is 357 g/mol. The molecule has 1 unspecified atom stereocenters. The van der Waals surface area contributed by atoms with Crippen LogP contribution in [0.1, 0.15) is 22.0 Å². The fourth-order valence-corrected chi connectivity index (χ4v) is 3.75. The Balaban J connectivity index is 1.87. The van der Waals surface area contributed by atoms with Gasteiger partial charge in [0.15, 0.2) is 0 Å². The average Bonchev–Trinajstić information content (AvgIpc) is 2.67. The Morgan fingerprint density at radius 2 is 1.96 bits per heavy atom. The quantitative estimate of drug-likeness (QED) is 0.847. The van der Waals surface area contributed by atoms with E-state index in [0.29, 0.717) is 25.2 Å². The minimum absolute atomic E-state index is 0.0959. The summed E-state index contributed by atoms with van der Waals surface area (Å²) < 4.78 is 39.4. The molecule has 138 valence electrons. The molecule has 0 aromatic heterocycles. The van der Waals surface area contributed by atoms with Crippen molar-refractivity contribution in [1.82, 2.24) is 14.9 Å². The first kappa shape index (κ1) is 18.5. The van der Waals surface area contributed by atoms with Crippen molar-refractivity contribution < 1.29 is 17.6 Å². The van der Waals surface area contributed by atoms with Gasteiger partial charge >= 0.3 is 0 Å². The SMILES string of the molecule is CNS(=O)(=O)c1ccc(C(=O)N2CCNCC2c2cccc(F)c2)cc1. The number of amides is 1. The van der Waals surface area contributed by atoms with Gasteiger partial charge in [0.05, 0.1) is 10.9 Å². The van der Waals surface area contributed by atoms with Crippen molar-refractivity contribution in [1.29, 1.82) is 0 Å². The number of piperazine rings is 1. The van der Waals surface area contributed by atoms with Crippen LogP contribution in [0.3, 0.4) is 0 Å². The molecule has 2 aromatic carbocycles. The van der Waals surface area contributed by atoms with E-state index in [9.17, 15) is 17.6 Å². The predicted molar refractivity (Wildman–Crippen MR) is 95.7 cm³/mol. The monoisotopic (exact) mass is 377 g/mol. The fraction of sp³-hybridized carbons (Fsp3) is 0.278. The van der Waals surface area contributed by atoms with Gasteiger partial charge in [0.1, 0.15) is 5.82 Å². The van der Waals surface area contributed by atoms with E-state index in [2.05, 4.69) is 10.0 Å². The lowest BCUT2D eigenvalue weighted by Crippen LogP contribution is -2.48. The highest BCUT2D eigenvalue weighted by Crippen LogP contribution is 2.25. The summed E-state index contributed by atoms with van der Waals surface area (Å²) in [4.78, 5) is 14.7. The average molecular weight is 377 g/mol. The third kappa shape index (κ3) is 3.77. The number of nitrogens with one attached hydrogen (secondary N) is 2. The Kier molecular flexibility index (Phi) is 5.36. The van der Waals surface area contributed by atoms with Gasteiger partial charge in [-0.25, -0.2) is 17.5 Å². The third-order valence-electron chi connectivity index (χ3n) is 4.42. The van der Waals surface area contributed by atoms with Crippen LogP contribution in [-0.2, 0) is 10.0 Å². The van der Waals surface area contributed by atoms with Gasteiger partial charge in [-0.3, -0.25) is 4.79 Å². The molecule has 0 bridgehead atoms. The van der Waals surface area contributed by atoms with Crippen LogP contribution in [0.2, 0.25) is 0 Å². The Bertz CT molecular complexity index is 900. The van der Waals surface area contributed by atoms with E-state index in [4.69, 9.17) is 0 Å². The second-order valence-electron chi connectivity index (χ2n) is 6.01. The van der Waals surface area contributed by atoms with Gasteiger partial charge in [-0.05, 0) is 49.0 Å². The van der Waals surface area contributed by atoms with Gasteiger partial charge in [-0.15, -0.1) is 0 Å². The zero-order chi connectivity index (χ0) is 18.7. The van der Waals surface area contributed by atoms with Crippen LogP contribution >= 0.6 is 0 Å². The molecule has 0 radical (unpaired) electrons. The maximum absolute atomic E-state index is 13.6. The molecule has 1 heterocycles. The molecule has 2 N–H and O–H groups in total. The van der Waals surface area contributed by atoms with E-state index in [-0.39, 0.29) is 22.7 Å². The van der Waals surface area contributed by atoms with E-state index in [1.807, 2.05) is 0 Å². The number of nitrogens with zero attached hydrogens (tertiary/aromatic N) is 1. The molecule has 1 saturated heterocycles. The van der Waals surface area contributed by atoms with Crippen molar-refractivity contribution in [2.75, 3.05) is 26.7 Å². The molecule has 0 aliphatic carbocycles. The summed E-state index contributed by atoms with van der Waals surface area (Å²) in [5.74, 6) is -0.559. The van der Waals surface area contributed by atoms with Crippen LogP contribution in [-0.4, -0.2) is 45.9 Å². The zero-order valence-corrected chi connectivity index (χ0v) is 15.1. The Hall–Kier alpha value is -2.29. The molecule has 8 heteroatoms. The van der Waals surface area contributed by atoms with Gasteiger partial charge in [-0.2, -0.15) is 0 Å². The van der Waals surface area contributed by atoms with Crippen molar-refractivity contribution in [3.05, 3.63) is 65.5 Å². The Labute approximate surface area is 152 Å². The predicted octanol–water partition coefficient (Wildman–Crippen LogP) is 1.52. The minimum Gasteiger partial charge on any atom is -0.329 e. The first-order valence-corrected chi connectivity index (χ1v) is 9.71. The summed E-state index contributed by atoms with van der Waals surface area (Å²) in [6.45, 7) is 1.65. The van der Waals surface area contributed by atoms with Gasteiger partial charge in [-0.1, -0.05) is 12.1 Å². The van der Waals surface area contributed by atoms with Crippen molar-refractivity contribution in [2.45, 2.75) is 10.9 Å². The lowest BCUT2D eigenvalue weighted by molar-refractivity contribution is 0.0634. The number of rotatable bonds is 4. The van der Waals surface area contributed by atoms with Gasteiger partial charge in [0, 0.05) is 25.2 Å². The largest absolute Gasteiger partial charge is 0.329 e. The maximum atomic E-state index is 13.6. The number of halogens is 1. The van der Waals surface area contributed by atoms with Crippen molar-refractivity contribution in [3.8, 4) is 0 Å². The molecule has 1 amide bonds. The topological polar surface area (TPSA) is 78.5 Å². The number of carbonyl (C=O) groups excluding carboxylic acids is 1. The first-order chi connectivity index (χ1) is 12.4. The first-order valence-electron chi connectivity index (χ1n) is 8.23. The van der Waals surface area contributed by atoms with Crippen LogP contribution in [0.4, 0.5) is 4.39 Å². The van der Waals surface area contributed by atoms with E-state index in [0.717, 1.165) is 5.56 Å². The molecule has 26 heavy (non-hydrogen) atoms. The molecule has 0 spiro atoms. The third-order valence-corrected chi connectivity index (χ3v) is 5.85. The van der Waals surface area contributed by atoms with E-state index < -0.39 is 10.0 Å². The van der Waals surface area contributed by atoms with Gasteiger partial charge in [0.2, 0.25) is 10.0 Å². The smallest absolute Gasteiger partial charge is 0.254 e. The summed E-state index contributed by atoms with van der Waals surface area (Å²) in [6, 6.07) is 11.7. The summed E-state index contributed by atoms with van der Waals surface area (Å²) in [6.07, 6.45) is 0. The number of hydrogen-bond donors (Lipinski definition) is 2. The number of carbonyl (C=O) groups is 1. The van der Waals surface area contributed by atoms with Crippen LogP contribution in [0.25, 0.3) is 0 Å². The highest BCUT2D eigenvalue weighted by molar-refractivity contribution is 7.89. The normalized spacial score (nSPS) is 17.9. The molecule has 1 aliphatic rings. The van der Waals surface area contributed by atoms with Crippen molar-refractivity contribution >= 4 is 15.9 Å². The van der Waals surface area contributed by atoms with E-state index in [1.54, 1.807) is 17.0 Å². The van der Waals surface area contributed by atoms with Crippen LogP contribution in [0.15, 0.2) is 53.4 Å². The molecule has 1 fully saturated rings. The van der Waals surface area contributed by atoms with Crippen molar-refractivity contribution in [3.63, 3.8) is 0 Å². The molecular formula is C18H20FN3O3S. The van der Waals surface area contributed by atoms with Gasteiger partial charge < -0.3 is 10.2 Å². The molecule has 0 saturated carbocycles. The van der Waals surface area contributed by atoms with Crippen LogP contribution in [0, 0.1) is 5.82 Å². The van der Waals surface area contributed by atoms with Crippen LogP contribution in [0.5, 0.6) is 0 Å². The molecule has 6 nitrogen and oxygen atoms in total. The van der Waals surface area contributed by atoms with Gasteiger partial charge in [0.25, 0.3) is 5.91 Å². The highest BCUT2D eigenvalue weighted by atomic mass is 32.2. The minimum atomic E-state index is -3.55. The lowest BCUT2D eigenvalue weighted by Gasteiger charge is -2.36. The second-order valence-corrected chi connectivity index (χ2v) is 7.89. The van der Waals surface area contributed by atoms with Crippen LogP contribution < -0.4 is 10.0 Å². The summed E-state index contributed by atoms with van der Waals surface area (Å²) in [7, 11) is -2.22. The second kappa shape index (κ2) is 7.53. The summed E-state index contributed by atoms with van der Waals surface area (Å²) in [5, 5.41) is 3.22. The number of sulfonamides is 1. The number of benzene rings is 2. The Morgan fingerprint density at radius 1 is 1.23 bits per heavy atom. The molecule has 3 rings (SSSR count). The van der Waals surface area contributed by atoms with E-state index in [1.165, 1.54) is 43.4 Å². The summed E-state index contributed by atoms with van der Waals surface area (Å²) >= 11 is 0. The zero-order valence-electron chi connectivity index (χ0n) is 14.3. The lowest BCUT2D eigenvalue weighted by atomic mass is 10.0. The van der Waals surface area contributed by atoms with Crippen molar-refractivity contribution in [2.24, 2.45) is 0 Å². The number of hydrogen-bond acceptors (Lipinski definition) is 4. The highest BCUT2D eigenvalue weighted by Gasteiger charge is 2.29. The Morgan fingerprint density at radius 3 is 2.62 bits per heavy atom. The molecule has 1 aliphatic heterocycles. The standard InChI is InChI=1S/C18H20FN3O3S/c1-20-26(24,25)16-7-5-13(6-8-16)18(23)22-10-9-21-12-17(22)14-3-2-4-15(19)11-14/h2-8,11,17,20-21H,9-10,12H2,1H3. The molecule has 1 atom stereocenters. The fourth-order valence-electron chi connectivity index (χ4n) is 3.02. The molecule has 2 aromatic rings.